The molecule has 180 valence electrons. The minimum Gasteiger partial charge on any atom is -0.494 e. The van der Waals surface area contributed by atoms with Gasteiger partial charge in [-0.3, -0.25) is 19.9 Å². The molecule has 1 aromatic carbocycles. The highest BCUT2D eigenvalue weighted by molar-refractivity contribution is 7.23. The van der Waals surface area contributed by atoms with Crippen LogP contribution in [0.15, 0.2) is 30.5 Å². The number of anilines is 2. The molecule has 1 saturated heterocycles. The van der Waals surface area contributed by atoms with Crippen molar-refractivity contribution in [3.05, 3.63) is 41.7 Å². The third-order valence-corrected chi connectivity index (χ3v) is 6.28. The van der Waals surface area contributed by atoms with Crippen LogP contribution in [0.1, 0.15) is 16.1 Å². The van der Waals surface area contributed by atoms with Gasteiger partial charge in [0, 0.05) is 38.5 Å². The molecular weight excluding hydrogens is 458 g/mol. The fourth-order valence-electron chi connectivity index (χ4n) is 3.67. The molecule has 0 unspecified atom stereocenters. The van der Waals surface area contributed by atoms with Crippen molar-refractivity contribution in [2.45, 2.75) is 6.54 Å². The van der Waals surface area contributed by atoms with Gasteiger partial charge in [0.2, 0.25) is 0 Å². The topological polar surface area (TPSA) is 115 Å². The Kier molecular flexibility index (Phi) is 8.01. The van der Waals surface area contributed by atoms with E-state index < -0.39 is 0 Å². The van der Waals surface area contributed by atoms with Crippen LogP contribution in [0, 0.1) is 0 Å². The number of ether oxygens (including phenoxy) is 3. The van der Waals surface area contributed by atoms with Gasteiger partial charge in [-0.15, -0.1) is 0 Å². The smallest absolute Gasteiger partial charge is 0.257 e. The van der Waals surface area contributed by atoms with E-state index in [1.807, 2.05) is 12.1 Å². The quantitative estimate of drug-likeness (QED) is 0.445. The number of thiazole rings is 1. The number of morpholine rings is 1. The van der Waals surface area contributed by atoms with Crippen LogP contribution in [0.2, 0.25) is 0 Å². The summed E-state index contributed by atoms with van der Waals surface area (Å²) in [5.74, 6) is 0.313. The van der Waals surface area contributed by atoms with Crippen molar-refractivity contribution in [2.75, 3.05) is 63.9 Å². The van der Waals surface area contributed by atoms with E-state index in [4.69, 9.17) is 14.2 Å². The largest absolute Gasteiger partial charge is 0.494 e. The normalized spacial score (nSPS) is 13.8. The molecule has 34 heavy (non-hydrogen) atoms. The third kappa shape index (κ3) is 5.68. The Morgan fingerprint density at radius 2 is 2.03 bits per heavy atom. The highest BCUT2D eigenvalue weighted by Crippen LogP contribution is 2.39. The molecule has 3 aromatic rings. The number of rotatable bonds is 10. The summed E-state index contributed by atoms with van der Waals surface area (Å²) in [6.45, 7) is 3.54. The van der Waals surface area contributed by atoms with Crippen LogP contribution in [-0.4, -0.2) is 75.3 Å². The second-order valence-corrected chi connectivity index (χ2v) is 8.65. The lowest BCUT2D eigenvalue weighted by atomic mass is 10.2. The number of nitrogens with zero attached hydrogens (tertiary/aromatic N) is 3. The fraction of sp³-hybridized carbons (Fsp3) is 0.391. The molecule has 4 rings (SSSR count). The predicted molar refractivity (Wildman–Crippen MR) is 130 cm³/mol. The monoisotopic (exact) mass is 485 g/mol. The fourth-order valence-corrected chi connectivity index (χ4v) is 4.69. The average molecular weight is 486 g/mol. The lowest BCUT2D eigenvalue weighted by Crippen LogP contribution is -2.36. The number of amides is 1. The Morgan fingerprint density at radius 3 is 2.79 bits per heavy atom. The summed E-state index contributed by atoms with van der Waals surface area (Å²) in [6, 6.07) is 7.26. The van der Waals surface area contributed by atoms with E-state index in [0.717, 1.165) is 23.5 Å². The number of hydrogen-bond donors (Lipinski definition) is 2. The highest BCUT2D eigenvalue weighted by Gasteiger charge is 2.20. The van der Waals surface area contributed by atoms with Crippen LogP contribution >= 0.6 is 11.3 Å². The van der Waals surface area contributed by atoms with Crippen LogP contribution < -0.4 is 20.3 Å². The lowest BCUT2D eigenvalue weighted by Gasteiger charge is -2.29. The zero-order valence-corrected chi connectivity index (χ0v) is 19.9. The summed E-state index contributed by atoms with van der Waals surface area (Å²) in [6.07, 6.45) is 1.57. The summed E-state index contributed by atoms with van der Waals surface area (Å²) in [4.78, 5) is 35.7. The van der Waals surface area contributed by atoms with Crippen LogP contribution in [0.5, 0.6) is 5.75 Å². The maximum atomic E-state index is 12.9. The maximum absolute atomic E-state index is 12.9. The Bertz CT molecular complexity index is 1160. The van der Waals surface area contributed by atoms with Gasteiger partial charge >= 0.3 is 0 Å². The first-order valence-corrected chi connectivity index (χ1v) is 11.7. The number of Topliss-reactive ketones (excluding diaryl/α,β-unsaturated/α-hetero) is 1. The average Bonchev–Trinajstić information content (AvgIpc) is 3.28. The molecule has 0 radical (unpaired) electrons. The molecule has 1 amide bonds. The van der Waals surface area contributed by atoms with Gasteiger partial charge in [0.15, 0.2) is 10.9 Å². The zero-order chi connectivity index (χ0) is 23.9. The van der Waals surface area contributed by atoms with E-state index >= 15 is 0 Å². The number of hydrogen-bond acceptors (Lipinski definition) is 10. The number of nitrogens with one attached hydrogen (secondary N) is 2. The molecule has 0 aliphatic carbocycles. The van der Waals surface area contributed by atoms with Crippen LogP contribution in [0.25, 0.3) is 10.2 Å². The molecule has 0 saturated carbocycles. The standard InChI is InChI=1S/C23H27N5O5S/c1-31-14-17(29)13-24-12-16-11-15(5-6-25-16)22(30)27-23-26-20-19(32-2)4-3-18(21(20)34-23)28-7-9-33-10-8-28/h3-6,11,24H,7-10,12-14H2,1-2H3,(H,26,27,30). The molecular formula is C23H27N5O5S. The SMILES string of the molecule is COCC(=O)CNCc1cc(C(=O)Nc2nc3c(OC)ccc(N4CCOCC4)c3s2)ccn1. The Labute approximate surface area is 201 Å². The van der Waals surface area contributed by atoms with Crippen LogP contribution in [0.3, 0.4) is 0 Å². The van der Waals surface area contributed by atoms with E-state index in [0.29, 0.717) is 47.4 Å². The first-order valence-electron chi connectivity index (χ1n) is 10.9. The van der Waals surface area contributed by atoms with E-state index in [9.17, 15) is 9.59 Å². The van der Waals surface area contributed by atoms with Gasteiger partial charge < -0.3 is 24.4 Å². The number of benzene rings is 1. The van der Waals surface area contributed by atoms with Crippen molar-refractivity contribution in [3.63, 3.8) is 0 Å². The van der Waals surface area contributed by atoms with Crippen molar-refractivity contribution >= 4 is 44.1 Å². The maximum Gasteiger partial charge on any atom is 0.257 e. The number of fused-ring (bicyclic) bond motifs is 1. The second-order valence-electron chi connectivity index (χ2n) is 7.65. The molecule has 2 N–H and O–H groups in total. The molecule has 3 heterocycles. The molecule has 0 spiro atoms. The zero-order valence-electron chi connectivity index (χ0n) is 19.1. The first-order chi connectivity index (χ1) is 16.6. The number of pyridine rings is 1. The van der Waals surface area contributed by atoms with Gasteiger partial charge in [0.25, 0.3) is 5.91 Å². The Balaban J connectivity index is 1.49. The number of ketones is 1. The van der Waals surface area contributed by atoms with Crippen LogP contribution in [-0.2, 0) is 20.8 Å². The van der Waals surface area contributed by atoms with Gasteiger partial charge in [-0.05, 0) is 24.3 Å². The van der Waals surface area contributed by atoms with Crippen molar-refractivity contribution in [2.24, 2.45) is 0 Å². The van der Waals surface area contributed by atoms with Gasteiger partial charge in [-0.1, -0.05) is 11.3 Å². The molecule has 0 atom stereocenters. The highest BCUT2D eigenvalue weighted by atomic mass is 32.1. The van der Waals surface area contributed by atoms with E-state index in [2.05, 4.69) is 25.5 Å². The molecule has 1 aliphatic heterocycles. The summed E-state index contributed by atoms with van der Waals surface area (Å²) < 4.78 is 16.7. The number of carbonyl (C=O) groups excluding carboxylic acids is 2. The minimum atomic E-state index is -0.287. The van der Waals surface area contributed by atoms with Crippen molar-refractivity contribution in [3.8, 4) is 5.75 Å². The van der Waals surface area contributed by atoms with Gasteiger partial charge in [0.1, 0.15) is 17.9 Å². The van der Waals surface area contributed by atoms with Gasteiger partial charge in [0.05, 0.1) is 42.9 Å². The molecule has 2 aromatic heterocycles. The first kappa shape index (κ1) is 24.0. The lowest BCUT2D eigenvalue weighted by molar-refractivity contribution is -0.121. The van der Waals surface area contributed by atoms with Gasteiger partial charge in [-0.25, -0.2) is 4.98 Å². The third-order valence-electron chi connectivity index (χ3n) is 5.29. The number of methoxy groups -OCH3 is 2. The number of carbonyl (C=O) groups is 2. The van der Waals surface area contributed by atoms with Crippen molar-refractivity contribution < 1.29 is 23.8 Å². The van der Waals surface area contributed by atoms with E-state index in [1.165, 1.54) is 18.4 Å². The second kappa shape index (κ2) is 11.3. The van der Waals surface area contributed by atoms with Crippen molar-refractivity contribution in [1.29, 1.82) is 0 Å². The summed E-state index contributed by atoms with van der Waals surface area (Å²) in [5.41, 5.74) is 2.87. The molecule has 0 bridgehead atoms. The van der Waals surface area contributed by atoms with E-state index in [-0.39, 0.29) is 24.8 Å². The Morgan fingerprint density at radius 1 is 1.21 bits per heavy atom. The summed E-state index contributed by atoms with van der Waals surface area (Å²) in [7, 11) is 3.09. The molecule has 11 heteroatoms. The van der Waals surface area contributed by atoms with Crippen LogP contribution in [0.4, 0.5) is 10.8 Å². The Hall–Kier alpha value is -3.12. The molecule has 10 nitrogen and oxygen atoms in total. The van der Waals surface area contributed by atoms with Gasteiger partial charge in [-0.2, -0.15) is 0 Å². The predicted octanol–water partition coefficient (Wildman–Crippen LogP) is 2.09. The molecule has 1 fully saturated rings. The summed E-state index contributed by atoms with van der Waals surface area (Å²) in [5, 5.41) is 6.39. The number of aromatic nitrogens is 2. The minimum absolute atomic E-state index is 0.0564. The summed E-state index contributed by atoms with van der Waals surface area (Å²) >= 11 is 1.41. The van der Waals surface area contributed by atoms with E-state index in [1.54, 1.807) is 25.4 Å². The van der Waals surface area contributed by atoms with Crippen molar-refractivity contribution in [1.82, 2.24) is 15.3 Å². The molecule has 1 aliphatic rings.